The Morgan fingerprint density at radius 3 is 2.56 bits per heavy atom. The van der Waals surface area contributed by atoms with E-state index in [2.05, 4.69) is 4.98 Å². The van der Waals surface area contributed by atoms with Gasteiger partial charge in [0.1, 0.15) is 17.6 Å². The highest BCUT2D eigenvalue weighted by Gasteiger charge is 2.48. The zero-order chi connectivity index (χ0) is 25.6. The molecule has 8 nitrogen and oxygen atoms in total. The van der Waals surface area contributed by atoms with Crippen LogP contribution in [-0.4, -0.2) is 39.5 Å². The van der Waals surface area contributed by atoms with Crippen molar-refractivity contribution < 1.29 is 29.3 Å². The maximum Gasteiger partial charge on any atom is 0.335 e. The van der Waals surface area contributed by atoms with E-state index in [9.17, 15) is 24.6 Å². The summed E-state index contributed by atoms with van der Waals surface area (Å²) >= 11 is 2.47. The highest BCUT2D eigenvalue weighted by molar-refractivity contribution is 7.22. The third-order valence-corrected chi connectivity index (χ3v) is 7.78. The minimum absolute atomic E-state index is 0.0310. The molecule has 1 amide bonds. The van der Waals surface area contributed by atoms with Crippen LogP contribution in [0, 0.1) is 6.92 Å². The fourth-order valence-electron chi connectivity index (χ4n) is 4.16. The van der Waals surface area contributed by atoms with Crippen LogP contribution < -0.4 is 9.64 Å². The van der Waals surface area contributed by atoms with Gasteiger partial charge in [0, 0.05) is 10.4 Å². The number of aliphatic hydroxyl groups is 1. The highest BCUT2D eigenvalue weighted by atomic mass is 32.1. The molecule has 0 aliphatic carbocycles. The van der Waals surface area contributed by atoms with E-state index in [0.29, 0.717) is 33.0 Å². The molecule has 182 valence electrons. The zero-order valence-electron chi connectivity index (χ0n) is 19.2. The molecule has 1 saturated heterocycles. The minimum Gasteiger partial charge on any atom is -0.507 e. The summed E-state index contributed by atoms with van der Waals surface area (Å²) in [6, 6.07) is 12.3. The number of hydrogen-bond acceptors (Lipinski definition) is 8. The lowest BCUT2D eigenvalue weighted by Gasteiger charge is -2.21. The summed E-state index contributed by atoms with van der Waals surface area (Å²) in [6.07, 6.45) is 0. The maximum absolute atomic E-state index is 13.3. The van der Waals surface area contributed by atoms with Crippen molar-refractivity contribution in [1.82, 2.24) is 4.98 Å². The topological polar surface area (TPSA) is 117 Å². The number of amides is 1. The van der Waals surface area contributed by atoms with Crippen molar-refractivity contribution in [3.8, 4) is 5.75 Å². The molecule has 2 aromatic heterocycles. The summed E-state index contributed by atoms with van der Waals surface area (Å²) < 4.78 is 6.14. The van der Waals surface area contributed by atoms with Crippen LogP contribution in [0.5, 0.6) is 5.75 Å². The fourth-order valence-corrected chi connectivity index (χ4v) is 6.02. The zero-order valence-corrected chi connectivity index (χ0v) is 20.9. The summed E-state index contributed by atoms with van der Waals surface area (Å²) in [7, 11) is 0. The number of carboxylic acid groups (broad SMARTS) is 1. The third-order valence-electron chi connectivity index (χ3n) is 5.84. The molecular weight excluding hydrogens is 500 g/mol. The minimum atomic E-state index is -1.07. The normalized spacial score (nSPS) is 17.2. The van der Waals surface area contributed by atoms with E-state index in [1.165, 1.54) is 28.4 Å². The summed E-state index contributed by atoms with van der Waals surface area (Å²) in [4.78, 5) is 44.5. The quantitative estimate of drug-likeness (QED) is 0.199. The lowest BCUT2D eigenvalue weighted by molar-refractivity contribution is -0.132. The van der Waals surface area contributed by atoms with Gasteiger partial charge in [-0.2, -0.15) is 0 Å². The first-order valence-corrected chi connectivity index (χ1v) is 12.7. The fraction of sp³-hybridized carbons (Fsp3) is 0.154. The van der Waals surface area contributed by atoms with Crippen molar-refractivity contribution in [2.45, 2.75) is 19.9 Å². The standard InChI is InChI=1S/C26H20N2O6S2/c1-3-34-17-9-7-14(11-13(17)2)22(29)20-21(18-5-4-10-35-18)28(24(31)23(20)30)26-27-16-8-6-15(25(32)33)12-19(16)36-26/h4-12,21,29H,3H2,1-2H3,(H,32,33)/b22-20+. The SMILES string of the molecule is CCOc1ccc(/C(O)=C2\C(=O)C(=O)N(c3nc4ccc(C(=O)O)cc4s3)C2c2cccs2)cc1C. The first-order valence-electron chi connectivity index (χ1n) is 11.0. The van der Waals surface area contributed by atoms with Gasteiger partial charge in [-0.15, -0.1) is 11.3 Å². The van der Waals surface area contributed by atoms with E-state index in [1.807, 2.05) is 19.2 Å². The predicted octanol–water partition coefficient (Wildman–Crippen LogP) is 5.39. The van der Waals surface area contributed by atoms with Crippen LogP contribution in [0.1, 0.15) is 39.3 Å². The number of carbonyl (C=O) groups excluding carboxylic acids is 2. The van der Waals surface area contributed by atoms with Crippen LogP contribution in [-0.2, 0) is 9.59 Å². The smallest absolute Gasteiger partial charge is 0.335 e. The van der Waals surface area contributed by atoms with Crippen LogP contribution in [0.4, 0.5) is 5.13 Å². The van der Waals surface area contributed by atoms with E-state index >= 15 is 0 Å². The average molecular weight is 521 g/mol. The molecule has 5 rings (SSSR count). The van der Waals surface area contributed by atoms with E-state index in [-0.39, 0.29) is 22.0 Å². The van der Waals surface area contributed by atoms with Crippen LogP contribution in [0.3, 0.4) is 0 Å². The van der Waals surface area contributed by atoms with Crippen LogP contribution >= 0.6 is 22.7 Å². The molecule has 0 radical (unpaired) electrons. The number of ketones is 1. The monoisotopic (exact) mass is 520 g/mol. The average Bonchev–Trinajstić information content (AvgIpc) is 3.58. The van der Waals surface area contributed by atoms with Gasteiger partial charge in [0.15, 0.2) is 5.13 Å². The molecule has 1 aliphatic heterocycles. The van der Waals surface area contributed by atoms with E-state index in [4.69, 9.17) is 4.74 Å². The summed E-state index contributed by atoms with van der Waals surface area (Å²) in [5.74, 6) is -2.32. The number of benzene rings is 2. The molecule has 2 N–H and O–H groups in total. The van der Waals surface area contributed by atoms with Crippen LogP contribution in [0.15, 0.2) is 59.5 Å². The molecule has 1 unspecified atom stereocenters. The molecule has 10 heteroatoms. The Morgan fingerprint density at radius 2 is 1.89 bits per heavy atom. The Bertz CT molecular complexity index is 1550. The number of aryl methyl sites for hydroxylation is 1. The van der Waals surface area contributed by atoms with Crippen molar-refractivity contribution >= 4 is 61.4 Å². The van der Waals surface area contributed by atoms with Gasteiger partial charge in [0.05, 0.1) is 28.0 Å². The number of nitrogens with zero attached hydrogens (tertiary/aromatic N) is 2. The number of carbonyl (C=O) groups is 3. The summed E-state index contributed by atoms with van der Waals surface area (Å²) in [5, 5.41) is 22.7. The van der Waals surface area contributed by atoms with Gasteiger partial charge >= 0.3 is 11.9 Å². The molecule has 36 heavy (non-hydrogen) atoms. The number of Topliss-reactive ketones (excluding diaryl/α,β-unsaturated/α-hetero) is 1. The molecule has 0 bridgehead atoms. The first-order chi connectivity index (χ1) is 17.3. The van der Waals surface area contributed by atoms with Gasteiger partial charge in [0.2, 0.25) is 0 Å². The van der Waals surface area contributed by atoms with Gasteiger partial charge in [-0.1, -0.05) is 17.4 Å². The first kappa shape index (κ1) is 23.7. The Labute approximate surface area is 213 Å². The number of hydrogen-bond donors (Lipinski definition) is 2. The molecule has 0 saturated carbocycles. The number of aliphatic hydroxyl groups excluding tert-OH is 1. The lowest BCUT2D eigenvalue weighted by atomic mass is 9.99. The second-order valence-electron chi connectivity index (χ2n) is 8.08. The van der Waals surface area contributed by atoms with Crippen LogP contribution in [0.2, 0.25) is 0 Å². The van der Waals surface area contributed by atoms with Crippen molar-refractivity contribution in [2.24, 2.45) is 0 Å². The van der Waals surface area contributed by atoms with Crippen molar-refractivity contribution in [1.29, 1.82) is 0 Å². The number of aromatic nitrogens is 1. The molecule has 0 spiro atoms. The van der Waals surface area contributed by atoms with Crippen molar-refractivity contribution in [2.75, 3.05) is 11.5 Å². The number of anilines is 1. The molecule has 1 atom stereocenters. The van der Waals surface area contributed by atoms with Crippen LogP contribution in [0.25, 0.3) is 16.0 Å². The van der Waals surface area contributed by atoms with Gasteiger partial charge in [-0.25, -0.2) is 9.78 Å². The number of thiazole rings is 1. The largest absolute Gasteiger partial charge is 0.507 e. The number of ether oxygens (including phenoxy) is 1. The lowest BCUT2D eigenvalue weighted by Crippen LogP contribution is -2.28. The second-order valence-corrected chi connectivity index (χ2v) is 10.1. The van der Waals surface area contributed by atoms with Gasteiger partial charge in [-0.05, 0) is 67.3 Å². The van der Waals surface area contributed by atoms with Gasteiger partial charge < -0.3 is 14.9 Å². The predicted molar refractivity (Wildman–Crippen MR) is 138 cm³/mol. The number of aromatic carboxylic acids is 1. The molecular formula is C26H20N2O6S2. The van der Waals surface area contributed by atoms with Crippen molar-refractivity contribution in [3.05, 3.63) is 81.1 Å². The van der Waals surface area contributed by atoms with Gasteiger partial charge in [-0.3, -0.25) is 14.5 Å². The summed E-state index contributed by atoms with van der Waals surface area (Å²) in [5.41, 5.74) is 1.75. The molecule has 2 aromatic carbocycles. The molecule has 4 aromatic rings. The number of carboxylic acids is 1. The number of rotatable bonds is 6. The number of thiophene rings is 1. The van der Waals surface area contributed by atoms with E-state index in [1.54, 1.807) is 36.4 Å². The summed E-state index contributed by atoms with van der Waals surface area (Å²) in [6.45, 7) is 4.20. The van der Waals surface area contributed by atoms with E-state index in [0.717, 1.165) is 16.9 Å². The van der Waals surface area contributed by atoms with E-state index < -0.39 is 23.7 Å². The Kier molecular flexibility index (Phi) is 6.07. The maximum atomic E-state index is 13.3. The highest BCUT2D eigenvalue weighted by Crippen LogP contribution is 2.45. The molecule has 1 fully saturated rings. The second kappa shape index (κ2) is 9.21. The van der Waals surface area contributed by atoms with Crippen molar-refractivity contribution in [3.63, 3.8) is 0 Å². The Morgan fingerprint density at radius 1 is 1.11 bits per heavy atom. The number of fused-ring (bicyclic) bond motifs is 1. The van der Waals surface area contributed by atoms with Gasteiger partial charge in [0.25, 0.3) is 5.78 Å². The molecule has 3 heterocycles. The molecule has 1 aliphatic rings. The Balaban J connectivity index is 1.66. The Hall–Kier alpha value is -4.02. The third kappa shape index (κ3) is 3.94.